The van der Waals surface area contributed by atoms with Crippen molar-refractivity contribution in [3.8, 4) is 17.2 Å². The van der Waals surface area contributed by atoms with Crippen LogP contribution in [0.3, 0.4) is 0 Å². The maximum atomic E-state index is 11.7. The fourth-order valence-corrected chi connectivity index (χ4v) is 2.90. The summed E-state index contributed by atoms with van der Waals surface area (Å²) < 4.78 is 0. The average molecular weight is 329 g/mol. The second-order valence-corrected chi connectivity index (χ2v) is 5.67. The zero-order valence-electron chi connectivity index (χ0n) is 13.4. The highest BCUT2D eigenvalue weighted by Gasteiger charge is 2.13. The van der Waals surface area contributed by atoms with Crippen LogP contribution >= 0.6 is 0 Å². The van der Waals surface area contributed by atoms with Crippen LogP contribution in [-0.4, -0.2) is 16.7 Å². The van der Waals surface area contributed by atoms with Gasteiger partial charge in [0, 0.05) is 18.0 Å². The molecule has 25 heavy (non-hydrogen) atoms. The van der Waals surface area contributed by atoms with Crippen molar-refractivity contribution in [3.05, 3.63) is 71.9 Å². The molecule has 3 N–H and O–H groups in total. The molecule has 2 aromatic carbocycles. The highest BCUT2D eigenvalue weighted by Crippen LogP contribution is 2.31. The first-order valence-electron chi connectivity index (χ1n) is 7.63. The van der Waals surface area contributed by atoms with Crippen LogP contribution in [-0.2, 0) is 11.2 Å². The second kappa shape index (κ2) is 6.46. The SMILES string of the molecule is C=CC(=O)Cc1cc(C#N)cc(-c2ccc(C(N)=O)c3[nH]ccc23)c1. The summed E-state index contributed by atoms with van der Waals surface area (Å²) >= 11 is 0. The minimum atomic E-state index is -0.512. The quantitative estimate of drug-likeness (QED) is 0.703. The van der Waals surface area contributed by atoms with E-state index in [1.165, 1.54) is 6.08 Å². The lowest BCUT2D eigenvalue weighted by atomic mass is 9.94. The first-order chi connectivity index (χ1) is 12.0. The van der Waals surface area contributed by atoms with Crippen LogP contribution in [0.1, 0.15) is 21.5 Å². The third kappa shape index (κ3) is 3.06. The van der Waals surface area contributed by atoms with E-state index in [9.17, 15) is 14.9 Å². The molecule has 0 aliphatic carbocycles. The van der Waals surface area contributed by atoms with Gasteiger partial charge in [0.15, 0.2) is 5.78 Å². The Kier molecular flexibility index (Phi) is 4.19. The topological polar surface area (TPSA) is 99.7 Å². The van der Waals surface area contributed by atoms with Gasteiger partial charge in [-0.15, -0.1) is 0 Å². The number of nitriles is 1. The van der Waals surface area contributed by atoms with Gasteiger partial charge in [-0.05, 0) is 47.0 Å². The lowest BCUT2D eigenvalue weighted by Crippen LogP contribution is -2.11. The largest absolute Gasteiger partial charge is 0.366 e. The van der Waals surface area contributed by atoms with Gasteiger partial charge in [-0.3, -0.25) is 9.59 Å². The van der Waals surface area contributed by atoms with Gasteiger partial charge in [-0.2, -0.15) is 5.26 Å². The molecule has 5 nitrogen and oxygen atoms in total. The number of ketones is 1. The number of H-pyrrole nitrogens is 1. The van der Waals surface area contributed by atoms with Gasteiger partial charge in [-0.25, -0.2) is 0 Å². The number of aromatic amines is 1. The summed E-state index contributed by atoms with van der Waals surface area (Å²) in [6.45, 7) is 3.48. The number of carbonyl (C=O) groups is 2. The van der Waals surface area contributed by atoms with E-state index in [2.05, 4.69) is 17.6 Å². The molecule has 1 heterocycles. The number of hydrogen-bond donors (Lipinski definition) is 2. The number of rotatable bonds is 5. The molecule has 0 radical (unpaired) electrons. The van der Waals surface area contributed by atoms with Crippen LogP contribution in [0.4, 0.5) is 0 Å². The second-order valence-electron chi connectivity index (χ2n) is 5.67. The molecular formula is C20H15N3O2. The summed E-state index contributed by atoms with van der Waals surface area (Å²) in [7, 11) is 0. The normalized spacial score (nSPS) is 10.4. The van der Waals surface area contributed by atoms with E-state index in [4.69, 9.17) is 5.73 Å². The van der Waals surface area contributed by atoms with E-state index in [1.807, 2.05) is 12.1 Å². The fraction of sp³-hybridized carbons (Fsp3) is 0.0500. The molecule has 1 amide bonds. The Bertz CT molecular complexity index is 1050. The summed E-state index contributed by atoms with van der Waals surface area (Å²) in [6.07, 6.45) is 3.18. The van der Waals surface area contributed by atoms with Crippen LogP contribution in [0.2, 0.25) is 0 Å². The molecule has 3 aromatic rings. The maximum absolute atomic E-state index is 11.7. The summed E-state index contributed by atoms with van der Waals surface area (Å²) in [4.78, 5) is 26.3. The summed E-state index contributed by atoms with van der Waals surface area (Å²) in [5.74, 6) is -0.626. The summed E-state index contributed by atoms with van der Waals surface area (Å²) in [5.41, 5.74) is 9.33. The van der Waals surface area contributed by atoms with Crippen molar-refractivity contribution >= 4 is 22.6 Å². The summed E-state index contributed by atoms with van der Waals surface area (Å²) in [6, 6.07) is 12.7. The standard InChI is InChI=1S/C20H15N3O2/c1-2-15(24)10-12-7-13(11-21)9-14(8-12)16-3-4-18(20(22)25)19-17(16)5-6-23-19/h2-9,23H,1,10H2,(H2,22,25). The highest BCUT2D eigenvalue weighted by atomic mass is 16.1. The highest BCUT2D eigenvalue weighted by molar-refractivity contribution is 6.09. The third-order valence-corrected chi connectivity index (χ3v) is 4.03. The molecule has 5 heteroatoms. The van der Waals surface area contributed by atoms with E-state index >= 15 is 0 Å². The van der Waals surface area contributed by atoms with Crippen molar-refractivity contribution in [1.29, 1.82) is 5.26 Å². The zero-order valence-corrected chi connectivity index (χ0v) is 13.4. The van der Waals surface area contributed by atoms with Crippen LogP contribution in [0.5, 0.6) is 0 Å². The van der Waals surface area contributed by atoms with Crippen molar-refractivity contribution in [1.82, 2.24) is 4.98 Å². The number of nitrogens with zero attached hydrogens (tertiary/aromatic N) is 1. The molecule has 0 aliphatic rings. The smallest absolute Gasteiger partial charge is 0.250 e. The van der Waals surface area contributed by atoms with E-state index in [0.717, 1.165) is 22.1 Å². The molecular weight excluding hydrogens is 314 g/mol. The molecule has 0 unspecified atom stereocenters. The Morgan fingerprint density at radius 3 is 2.72 bits per heavy atom. The number of nitrogens with one attached hydrogen (secondary N) is 1. The number of allylic oxidation sites excluding steroid dienone is 1. The molecule has 0 saturated carbocycles. The van der Waals surface area contributed by atoms with Crippen LogP contribution in [0.25, 0.3) is 22.0 Å². The number of nitrogens with two attached hydrogens (primary N) is 1. The van der Waals surface area contributed by atoms with Crippen molar-refractivity contribution in [2.45, 2.75) is 6.42 Å². The van der Waals surface area contributed by atoms with E-state index in [-0.39, 0.29) is 12.2 Å². The van der Waals surface area contributed by atoms with Gasteiger partial charge < -0.3 is 10.7 Å². The third-order valence-electron chi connectivity index (χ3n) is 4.03. The van der Waals surface area contributed by atoms with E-state index < -0.39 is 5.91 Å². The van der Waals surface area contributed by atoms with Crippen molar-refractivity contribution in [3.63, 3.8) is 0 Å². The maximum Gasteiger partial charge on any atom is 0.250 e. The predicted molar refractivity (Wildman–Crippen MR) is 95.9 cm³/mol. The Balaban J connectivity index is 2.20. The van der Waals surface area contributed by atoms with Gasteiger partial charge in [-0.1, -0.05) is 18.7 Å². The van der Waals surface area contributed by atoms with Crippen molar-refractivity contribution < 1.29 is 9.59 Å². The molecule has 0 bridgehead atoms. The lowest BCUT2D eigenvalue weighted by molar-refractivity contribution is -0.114. The number of primary amides is 1. The number of aromatic nitrogens is 1. The molecule has 0 atom stereocenters. The summed E-state index contributed by atoms with van der Waals surface area (Å²) in [5, 5.41) is 10.1. The number of hydrogen-bond acceptors (Lipinski definition) is 3. The van der Waals surface area contributed by atoms with E-state index in [1.54, 1.807) is 30.5 Å². The minimum Gasteiger partial charge on any atom is -0.366 e. The van der Waals surface area contributed by atoms with Crippen molar-refractivity contribution in [2.75, 3.05) is 0 Å². The number of amides is 1. The lowest BCUT2D eigenvalue weighted by Gasteiger charge is -2.09. The van der Waals surface area contributed by atoms with Gasteiger partial charge in [0.1, 0.15) is 0 Å². The number of benzene rings is 2. The van der Waals surface area contributed by atoms with Crippen LogP contribution in [0, 0.1) is 11.3 Å². The van der Waals surface area contributed by atoms with E-state index in [0.29, 0.717) is 16.6 Å². The van der Waals surface area contributed by atoms with Gasteiger partial charge >= 0.3 is 0 Å². The molecule has 1 aromatic heterocycles. The molecule has 122 valence electrons. The Hall–Kier alpha value is -3.65. The van der Waals surface area contributed by atoms with Gasteiger partial charge in [0.25, 0.3) is 5.91 Å². The number of fused-ring (bicyclic) bond motifs is 1. The molecule has 0 spiro atoms. The Labute approximate surface area is 144 Å². The Morgan fingerprint density at radius 2 is 2.04 bits per heavy atom. The molecule has 3 rings (SSSR count). The van der Waals surface area contributed by atoms with Crippen LogP contribution in [0.15, 0.2) is 55.3 Å². The monoisotopic (exact) mass is 329 g/mol. The average Bonchev–Trinajstić information content (AvgIpc) is 3.09. The zero-order chi connectivity index (χ0) is 18.0. The fourth-order valence-electron chi connectivity index (χ4n) is 2.90. The van der Waals surface area contributed by atoms with Gasteiger partial charge in [0.05, 0.1) is 22.7 Å². The first-order valence-corrected chi connectivity index (χ1v) is 7.63. The molecule has 0 fully saturated rings. The molecule has 0 saturated heterocycles. The van der Waals surface area contributed by atoms with Crippen LogP contribution < -0.4 is 5.73 Å². The number of carbonyl (C=O) groups excluding carboxylic acids is 2. The first kappa shape index (κ1) is 16.2. The predicted octanol–water partition coefficient (Wildman–Crippen LogP) is 3.10. The van der Waals surface area contributed by atoms with Crippen molar-refractivity contribution in [2.24, 2.45) is 5.73 Å². The molecule has 0 aliphatic heterocycles. The Morgan fingerprint density at radius 1 is 1.24 bits per heavy atom. The minimum absolute atomic E-state index is 0.114. The van der Waals surface area contributed by atoms with Gasteiger partial charge in [0.2, 0.25) is 0 Å².